The fourth-order valence-electron chi connectivity index (χ4n) is 6.29. The van der Waals surface area contributed by atoms with E-state index in [-0.39, 0.29) is 23.9 Å². The van der Waals surface area contributed by atoms with Crippen molar-refractivity contribution in [2.45, 2.75) is 63.3 Å². The minimum atomic E-state index is -2.44. The van der Waals surface area contributed by atoms with Crippen molar-refractivity contribution in [1.29, 1.82) is 0 Å². The molecule has 2 aliphatic heterocycles. The number of β-amino-alcohol motifs (C(OH)–C–C–N with tert-alkyl or cyclic N) is 1. The lowest BCUT2D eigenvalue weighted by Crippen LogP contribution is -2.50. The van der Waals surface area contributed by atoms with Gasteiger partial charge in [0.05, 0.1) is 18.3 Å². The van der Waals surface area contributed by atoms with Crippen LogP contribution in [0.25, 0.3) is 0 Å². The average molecular weight is 618 g/mol. The van der Waals surface area contributed by atoms with E-state index in [9.17, 15) is 23.8 Å². The number of benzene rings is 2. The number of aliphatic hydroxyl groups is 2. The van der Waals surface area contributed by atoms with Crippen molar-refractivity contribution in [1.82, 2.24) is 4.31 Å². The lowest BCUT2D eigenvalue weighted by molar-refractivity contribution is -0.138. The molecule has 1 amide bonds. The first-order chi connectivity index (χ1) is 20.2. The summed E-state index contributed by atoms with van der Waals surface area (Å²) in [5, 5.41) is 23.3. The zero-order valence-corrected chi connectivity index (χ0v) is 25.2. The third-order valence-electron chi connectivity index (χ3n) is 8.97. The Labute approximate surface area is 254 Å². The number of hydrogen-bond donors (Lipinski definition) is 4. The van der Waals surface area contributed by atoms with Crippen molar-refractivity contribution in [3.05, 3.63) is 70.3 Å². The van der Waals surface area contributed by atoms with Crippen LogP contribution >= 0.6 is 11.6 Å². The van der Waals surface area contributed by atoms with Crippen LogP contribution in [-0.4, -0.2) is 61.5 Å². The van der Waals surface area contributed by atoms with Crippen molar-refractivity contribution in [3.8, 4) is 5.75 Å². The molecule has 0 spiro atoms. The molecular weight excluding hydrogens is 578 g/mol. The zero-order chi connectivity index (χ0) is 29.9. The Morgan fingerprint density at radius 1 is 1.10 bits per heavy atom. The number of nitrogens with zero attached hydrogens (tertiary/aromatic N) is 2. The summed E-state index contributed by atoms with van der Waals surface area (Å²) in [5.74, 6) is -0.0303. The van der Waals surface area contributed by atoms with Crippen molar-refractivity contribution in [2.24, 2.45) is 17.6 Å². The lowest BCUT2D eigenvalue weighted by atomic mass is 9.70. The average Bonchev–Trinajstić information content (AvgIpc) is 2.96. The van der Waals surface area contributed by atoms with Gasteiger partial charge >= 0.3 is 0 Å². The van der Waals surface area contributed by atoms with E-state index < -0.39 is 35.4 Å². The van der Waals surface area contributed by atoms with Gasteiger partial charge in [-0.2, -0.15) is 4.31 Å². The monoisotopic (exact) mass is 617 g/mol. The van der Waals surface area contributed by atoms with Gasteiger partial charge in [0.25, 0.3) is 5.91 Å². The minimum absolute atomic E-state index is 0.121. The molecule has 5 rings (SSSR count). The molecule has 1 saturated carbocycles. The van der Waals surface area contributed by atoms with Crippen molar-refractivity contribution >= 4 is 34.5 Å². The van der Waals surface area contributed by atoms with Gasteiger partial charge in [-0.05, 0) is 97.7 Å². The highest BCUT2D eigenvalue weighted by molar-refractivity contribution is 7.76. The largest absolute Gasteiger partial charge is 0.487 e. The number of hydrogen-bond acceptors (Lipinski definition) is 6. The number of aliphatic hydroxyl groups excluding tert-OH is 1. The molecule has 5 atom stereocenters. The molecule has 1 unspecified atom stereocenters. The van der Waals surface area contributed by atoms with Crippen molar-refractivity contribution in [3.63, 3.8) is 0 Å². The normalized spacial score (nSPS) is 29.0. The Morgan fingerprint density at radius 3 is 2.67 bits per heavy atom. The van der Waals surface area contributed by atoms with Crippen LogP contribution in [0.3, 0.4) is 0 Å². The molecule has 2 heterocycles. The highest BCUT2D eigenvalue weighted by Gasteiger charge is 2.41. The Bertz CT molecular complexity index is 1340. The van der Waals surface area contributed by atoms with Gasteiger partial charge in [-0.15, -0.1) is 0 Å². The number of carbonyl (C=O) groups is 1. The Balaban J connectivity index is 1.58. The standard InChI is InChI=1S/C31H40ClN3O6S/c32-25-11-8-23-19-41-29-13-10-24-17-27(29)34(14-5-3-6-21(23)16-25)18-22-9-12-26(22)28(36)7-2-1-4-15-35(42(39)40)20-31(24,38)30(33)37/h2,7-8,10-11,13,16-17,22,26,28,36,38H,1,3-6,9,12,14-15,18-20H2,(H2,33,37)(H,39,40)/b7-2+/t22-,26+,28-,31-/m0/s1. The topological polar surface area (TPSA) is 137 Å². The maximum Gasteiger partial charge on any atom is 0.255 e. The van der Waals surface area contributed by atoms with Crippen LogP contribution in [-0.2, 0) is 34.7 Å². The number of fused-ring (bicyclic) bond motifs is 3. The van der Waals surface area contributed by atoms with E-state index in [2.05, 4.69) is 4.90 Å². The number of aryl methyl sites for hydroxylation is 1. The molecule has 42 heavy (non-hydrogen) atoms. The number of ether oxygens (including phenoxy) is 1. The molecule has 1 aliphatic carbocycles. The summed E-state index contributed by atoms with van der Waals surface area (Å²) in [7, 11) is 0. The highest BCUT2D eigenvalue weighted by atomic mass is 35.5. The van der Waals surface area contributed by atoms with Gasteiger partial charge in [0.2, 0.25) is 11.3 Å². The van der Waals surface area contributed by atoms with Gasteiger partial charge in [0.15, 0.2) is 5.60 Å². The lowest BCUT2D eigenvalue weighted by Gasteiger charge is -2.43. The molecule has 9 nitrogen and oxygen atoms in total. The Kier molecular flexibility index (Phi) is 9.92. The molecule has 2 aromatic rings. The number of carbonyl (C=O) groups excluding carboxylic acids is 1. The molecule has 1 fully saturated rings. The van der Waals surface area contributed by atoms with Crippen LogP contribution in [0.5, 0.6) is 5.75 Å². The maximum atomic E-state index is 12.8. The van der Waals surface area contributed by atoms with E-state index in [4.69, 9.17) is 22.1 Å². The molecule has 2 aromatic carbocycles. The number of halogens is 1. The summed E-state index contributed by atoms with van der Waals surface area (Å²) < 4.78 is 29.7. The van der Waals surface area contributed by atoms with Gasteiger partial charge in [-0.3, -0.25) is 9.35 Å². The minimum Gasteiger partial charge on any atom is -0.487 e. The van der Waals surface area contributed by atoms with Crippen LogP contribution in [0.2, 0.25) is 5.02 Å². The van der Waals surface area contributed by atoms with Crippen molar-refractivity contribution in [2.75, 3.05) is 31.1 Å². The number of anilines is 1. The predicted octanol–water partition coefficient (Wildman–Crippen LogP) is 3.91. The maximum absolute atomic E-state index is 12.8. The number of allylic oxidation sites excluding steroid dienone is 1. The molecule has 228 valence electrons. The quantitative estimate of drug-likeness (QED) is 0.296. The summed E-state index contributed by atoms with van der Waals surface area (Å²) >= 11 is 3.86. The Hall–Kier alpha value is -2.47. The predicted molar refractivity (Wildman–Crippen MR) is 163 cm³/mol. The summed E-state index contributed by atoms with van der Waals surface area (Å²) in [5.41, 5.74) is 6.69. The molecule has 2 bridgehead atoms. The van der Waals surface area contributed by atoms with Crippen LogP contribution in [0.15, 0.2) is 48.6 Å². The Morgan fingerprint density at radius 2 is 1.93 bits per heavy atom. The van der Waals surface area contributed by atoms with Crippen LogP contribution in [0.4, 0.5) is 5.69 Å². The summed E-state index contributed by atoms with van der Waals surface area (Å²) in [6, 6.07) is 10.9. The molecule has 11 heteroatoms. The van der Waals surface area contributed by atoms with Crippen LogP contribution in [0, 0.1) is 11.8 Å². The second kappa shape index (κ2) is 13.4. The first-order valence-electron chi connectivity index (χ1n) is 14.7. The van der Waals surface area contributed by atoms with Gasteiger partial charge in [0.1, 0.15) is 12.4 Å². The second-order valence-corrected chi connectivity index (χ2v) is 13.1. The summed E-state index contributed by atoms with van der Waals surface area (Å²) in [4.78, 5) is 15.0. The smallest absolute Gasteiger partial charge is 0.255 e. The van der Waals surface area contributed by atoms with Gasteiger partial charge in [-0.25, -0.2) is 4.21 Å². The zero-order valence-electron chi connectivity index (χ0n) is 23.7. The van der Waals surface area contributed by atoms with E-state index in [1.165, 1.54) is 0 Å². The first-order valence-corrected chi connectivity index (χ1v) is 16.1. The number of nitrogens with two attached hydrogens (primary N) is 1. The molecule has 0 radical (unpaired) electrons. The molecule has 0 aromatic heterocycles. The highest BCUT2D eigenvalue weighted by Crippen LogP contribution is 2.42. The third kappa shape index (κ3) is 6.85. The van der Waals surface area contributed by atoms with Gasteiger partial charge in [0, 0.05) is 24.7 Å². The van der Waals surface area contributed by atoms with Crippen LogP contribution in [0.1, 0.15) is 55.2 Å². The second-order valence-electron chi connectivity index (χ2n) is 11.7. The third-order valence-corrected chi connectivity index (χ3v) is 9.96. The number of amides is 1. The van der Waals surface area contributed by atoms with Gasteiger partial charge < -0.3 is 25.6 Å². The fourth-order valence-corrected chi connectivity index (χ4v) is 7.07. The van der Waals surface area contributed by atoms with Crippen LogP contribution < -0.4 is 15.4 Å². The molecular formula is C31H40ClN3O6S. The fraction of sp³-hybridized carbons (Fsp3) is 0.516. The van der Waals surface area contributed by atoms with E-state index in [0.717, 1.165) is 47.5 Å². The summed E-state index contributed by atoms with van der Waals surface area (Å²) in [6.07, 6.45) is 8.84. The SMILES string of the molecule is NC(=O)[C@]1(O)CN(S(=O)O)CCC/C=C/[C@H](O)[C@@H]2CC[C@H]2CN2CCCCc3cc(Cl)ccc3COc3ccc1cc32. The number of rotatable bonds is 2. The van der Waals surface area contributed by atoms with E-state index in [0.29, 0.717) is 49.0 Å². The molecule has 3 aliphatic rings. The van der Waals surface area contributed by atoms with E-state index in [1.54, 1.807) is 18.2 Å². The van der Waals surface area contributed by atoms with E-state index in [1.807, 2.05) is 30.4 Å². The summed E-state index contributed by atoms with van der Waals surface area (Å²) in [6.45, 7) is 1.40. The van der Waals surface area contributed by atoms with Gasteiger partial charge in [-0.1, -0.05) is 35.9 Å². The number of primary amides is 1. The van der Waals surface area contributed by atoms with E-state index >= 15 is 0 Å². The molecule has 0 saturated heterocycles. The first kappa shape index (κ1) is 31.0. The molecule has 5 N–H and O–H groups in total. The van der Waals surface area contributed by atoms with Crippen molar-refractivity contribution < 1.29 is 28.5 Å².